The van der Waals surface area contributed by atoms with E-state index in [4.69, 9.17) is 11.6 Å². The zero-order valence-corrected chi connectivity index (χ0v) is 11.7. The third-order valence-electron chi connectivity index (χ3n) is 2.39. The monoisotopic (exact) mass is 275 g/mol. The van der Waals surface area contributed by atoms with Crippen LogP contribution in [0.3, 0.4) is 0 Å². The summed E-state index contributed by atoms with van der Waals surface area (Å²) < 4.78 is 22.6. The van der Waals surface area contributed by atoms with E-state index in [1.54, 1.807) is 0 Å². The number of likely N-dealkylation sites (N-methyl/N-ethyl adjacent to an activating group) is 1. The fourth-order valence-electron chi connectivity index (χ4n) is 1.75. The molecule has 1 atom stereocenters. The lowest BCUT2D eigenvalue weighted by molar-refractivity contribution is 0.545. The standard InChI is InChI=1S/C12H18ClNO2S/c1-3-14-12(9-17(2,15)16)8-10-4-6-11(13)7-5-10/h4-7,12,14H,3,8-9H2,1-2H3. The van der Waals surface area contributed by atoms with Gasteiger partial charge in [-0.25, -0.2) is 8.42 Å². The van der Waals surface area contributed by atoms with Crippen LogP contribution < -0.4 is 5.32 Å². The highest BCUT2D eigenvalue weighted by molar-refractivity contribution is 7.90. The number of hydrogen-bond donors (Lipinski definition) is 1. The summed E-state index contributed by atoms with van der Waals surface area (Å²) >= 11 is 5.80. The van der Waals surface area contributed by atoms with Crippen molar-refractivity contribution in [3.05, 3.63) is 34.9 Å². The van der Waals surface area contributed by atoms with Crippen LogP contribution in [-0.4, -0.2) is 33.0 Å². The van der Waals surface area contributed by atoms with Crippen molar-refractivity contribution in [1.29, 1.82) is 0 Å². The Morgan fingerprint density at radius 1 is 1.29 bits per heavy atom. The van der Waals surface area contributed by atoms with Crippen LogP contribution in [0.25, 0.3) is 0 Å². The van der Waals surface area contributed by atoms with Crippen molar-refractivity contribution in [2.24, 2.45) is 0 Å². The SMILES string of the molecule is CCNC(Cc1ccc(Cl)cc1)CS(C)(=O)=O. The van der Waals surface area contributed by atoms with E-state index in [1.807, 2.05) is 31.2 Å². The number of rotatable bonds is 6. The predicted octanol–water partition coefficient (Wildman–Crippen LogP) is 1.91. The molecule has 0 heterocycles. The summed E-state index contributed by atoms with van der Waals surface area (Å²) in [6, 6.07) is 7.45. The maximum atomic E-state index is 11.3. The Balaban J connectivity index is 2.69. The third-order valence-corrected chi connectivity index (χ3v) is 3.65. The van der Waals surface area contributed by atoms with Crippen LogP contribution in [0.2, 0.25) is 5.02 Å². The molecule has 0 radical (unpaired) electrons. The number of sulfone groups is 1. The van der Waals surface area contributed by atoms with Crippen LogP contribution >= 0.6 is 11.6 Å². The smallest absolute Gasteiger partial charge is 0.148 e. The van der Waals surface area contributed by atoms with Crippen molar-refractivity contribution in [3.8, 4) is 0 Å². The van der Waals surface area contributed by atoms with Gasteiger partial charge in [-0.2, -0.15) is 0 Å². The summed E-state index contributed by atoms with van der Waals surface area (Å²) in [5.41, 5.74) is 1.09. The van der Waals surface area contributed by atoms with Crippen LogP contribution in [0.1, 0.15) is 12.5 Å². The maximum Gasteiger partial charge on any atom is 0.148 e. The summed E-state index contributed by atoms with van der Waals surface area (Å²) in [4.78, 5) is 0. The molecule has 0 spiro atoms. The average Bonchev–Trinajstić information content (AvgIpc) is 2.19. The summed E-state index contributed by atoms with van der Waals surface area (Å²) in [5.74, 6) is 0.156. The lowest BCUT2D eigenvalue weighted by Crippen LogP contribution is -2.37. The molecule has 0 aliphatic rings. The van der Waals surface area contributed by atoms with Gasteiger partial charge < -0.3 is 5.32 Å². The van der Waals surface area contributed by atoms with E-state index in [1.165, 1.54) is 6.26 Å². The van der Waals surface area contributed by atoms with E-state index >= 15 is 0 Å². The molecule has 0 amide bonds. The number of benzene rings is 1. The van der Waals surface area contributed by atoms with Gasteiger partial charge in [-0.15, -0.1) is 0 Å². The Labute approximate surface area is 108 Å². The van der Waals surface area contributed by atoms with Crippen LogP contribution in [-0.2, 0) is 16.3 Å². The zero-order chi connectivity index (χ0) is 12.9. The number of halogens is 1. The molecule has 5 heteroatoms. The molecule has 0 aromatic heterocycles. The molecule has 0 fully saturated rings. The molecule has 3 nitrogen and oxygen atoms in total. The quantitative estimate of drug-likeness (QED) is 0.863. The normalized spacial score (nSPS) is 13.6. The molecule has 17 heavy (non-hydrogen) atoms. The Hall–Kier alpha value is -0.580. The summed E-state index contributed by atoms with van der Waals surface area (Å²) in [6.45, 7) is 2.73. The third kappa shape index (κ3) is 6.05. The molecular weight excluding hydrogens is 258 g/mol. The van der Waals surface area contributed by atoms with Crippen LogP contribution in [0.15, 0.2) is 24.3 Å². The van der Waals surface area contributed by atoms with Gasteiger partial charge in [0.25, 0.3) is 0 Å². The van der Waals surface area contributed by atoms with Crippen molar-refractivity contribution in [1.82, 2.24) is 5.32 Å². The van der Waals surface area contributed by atoms with Gasteiger partial charge in [0, 0.05) is 17.3 Å². The Kier molecular flexibility index (Phi) is 5.43. The van der Waals surface area contributed by atoms with E-state index in [0.717, 1.165) is 12.1 Å². The maximum absolute atomic E-state index is 11.3. The largest absolute Gasteiger partial charge is 0.313 e. The van der Waals surface area contributed by atoms with Crippen LogP contribution in [0, 0.1) is 0 Å². The van der Waals surface area contributed by atoms with E-state index < -0.39 is 9.84 Å². The number of hydrogen-bond acceptors (Lipinski definition) is 3. The highest BCUT2D eigenvalue weighted by Crippen LogP contribution is 2.11. The highest BCUT2D eigenvalue weighted by Gasteiger charge is 2.14. The van der Waals surface area contributed by atoms with Gasteiger partial charge in [-0.1, -0.05) is 30.7 Å². The first kappa shape index (κ1) is 14.5. The highest BCUT2D eigenvalue weighted by atomic mass is 35.5. The fourth-order valence-corrected chi connectivity index (χ4v) is 2.84. The van der Waals surface area contributed by atoms with E-state index in [2.05, 4.69) is 5.32 Å². The minimum atomic E-state index is -2.96. The molecule has 0 aliphatic heterocycles. The molecule has 0 saturated carbocycles. The summed E-state index contributed by atoms with van der Waals surface area (Å²) in [7, 11) is -2.96. The van der Waals surface area contributed by atoms with E-state index in [9.17, 15) is 8.42 Å². The van der Waals surface area contributed by atoms with Crippen molar-refractivity contribution in [3.63, 3.8) is 0 Å². The second kappa shape index (κ2) is 6.38. The Morgan fingerprint density at radius 3 is 2.35 bits per heavy atom. The molecule has 1 rings (SSSR count). The Bertz CT molecular complexity index is 442. The number of nitrogens with one attached hydrogen (secondary N) is 1. The molecule has 1 aromatic rings. The lowest BCUT2D eigenvalue weighted by atomic mass is 10.1. The summed E-state index contributed by atoms with van der Waals surface area (Å²) in [5, 5.41) is 3.88. The molecule has 1 aromatic carbocycles. The fraction of sp³-hybridized carbons (Fsp3) is 0.500. The van der Waals surface area contributed by atoms with Crippen LogP contribution in [0.5, 0.6) is 0 Å². The second-order valence-corrected chi connectivity index (χ2v) is 6.80. The molecular formula is C12H18ClNO2S. The molecule has 0 bridgehead atoms. The van der Waals surface area contributed by atoms with Gasteiger partial charge in [0.15, 0.2) is 0 Å². The second-order valence-electron chi connectivity index (χ2n) is 4.18. The minimum Gasteiger partial charge on any atom is -0.313 e. The average molecular weight is 276 g/mol. The van der Waals surface area contributed by atoms with Crippen molar-refractivity contribution < 1.29 is 8.42 Å². The molecule has 0 aliphatic carbocycles. The van der Waals surface area contributed by atoms with E-state index in [0.29, 0.717) is 11.4 Å². The first-order valence-corrected chi connectivity index (χ1v) is 8.00. The van der Waals surface area contributed by atoms with Gasteiger partial charge in [-0.05, 0) is 30.7 Å². The van der Waals surface area contributed by atoms with Crippen molar-refractivity contribution in [2.75, 3.05) is 18.6 Å². The first-order chi connectivity index (χ1) is 7.90. The molecule has 96 valence electrons. The first-order valence-electron chi connectivity index (χ1n) is 5.56. The Morgan fingerprint density at radius 2 is 1.88 bits per heavy atom. The zero-order valence-electron chi connectivity index (χ0n) is 10.1. The topological polar surface area (TPSA) is 46.2 Å². The van der Waals surface area contributed by atoms with Gasteiger partial charge >= 0.3 is 0 Å². The molecule has 0 saturated heterocycles. The minimum absolute atomic E-state index is 0.0452. The van der Waals surface area contributed by atoms with E-state index in [-0.39, 0.29) is 11.8 Å². The van der Waals surface area contributed by atoms with Crippen molar-refractivity contribution in [2.45, 2.75) is 19.4 Å². The van der Waals surface area contributed by atoms with Crippen LogP contribution in [0.4, 0.5) is 0 Å². The molecule has 1 unspecified atom stereocenters. The predicted molar refractivity (Wildman–Crippen MR) is 72.3 cm³/mol. The lowest BCUT2D eigenvalue weighted by Gasteiger charge is -2.16. The molecule has 1 N–H and O–H groups in total. The van der Waals surface area contributed by atoms with Crippen molar-refractivity contribution >= 4 is 21.4 Å². The van der Waals surface area contributed by atoms with Gasteiger partial charge in [0.05, 0.1) is 5.75 Å². The van der Waals surface area contributed by atoms with Gasteiger partial charge in [0.1, 0.15) is 9.84 Å². The van der Waals surface area contributed by atoms with Gasteiger partial charge in [-0.3, -0.25) is 0 Å². The van der Waals surface area contributed by atoms with Gasteiger partial charge in [0.2, 0.25) is 0 Å². The summed E-state index contributed by atoms with van der Waals surface area (Å²) in [6.07, 6.45) is 1.96.